The number of ether oxygens (including phenoxy) is 1. The third-order valence-electron chi connectivity index (χ3n) is 3.36. The Morgan fingerprint density at radius 3 is 2.88 bits per heavy atom. The van der Waals surface area contributed by atoms with Crippen molar-refractivity contribution in [2.75, 3.05) is 18.5 Å². The van der Waals surface area contributed by atoms with Crippen LogP contribution in [-0.4, -0.2) is 44.2 Å². The molecule has 0 amide bonds. The molecule has 26 heavy (non-hydrogen) atoms. The summed E-state index contributed by atoms with van der Waals surface area (Å²) in [5.74, 6) is 1.21. The van der Waals surface area contributed by atoms with Gasteiger partial charge in [0.15, 0.2) is 0 Å². The average Bonchev–Trinajstić information content (AvgIpc) is 3.16. The van der Waals surface area contributed by atoms with Gasteiger partial charge in [0.1, 0.15) is 0 Å². The van der Waals surface area contributed by atoms with E-state index in [2.05, 4.69) is 30.4 Å². The van der Waals surface area contributed by atoms with Crippen molar-refractivity contribution in [1.82, 2.24) is 25.1 Å². The van der Waals surface area contributed by atoms with Crippen LogP contribution >= 0.6 is 0 Å². The normalized spacial score (nSPS) is 10.5. The lowest BCUT2D eigenvalue weighted by atomic mass is 10.3. The van der Waals surface area contributed by atoms with E-state index in [4.69, 9.17) is 9.26 Å². The minimum Gasteiger partial charge on any atom is -0.466 e. The van der Waals surface area contributed by atoms with Crippen LogP contribution in [0.15, 0.2) is 47.5 Å². The number of nitrogens with zero attached hydrogens (tertiary/aromatic N) is 5. The zero-order chi connectivity index (χ0) is 18.0. The first-order chi connectivity index (χ1) is 12.8. The molecule has 0 saturated heterocycles. The topological polar surface area (TPSA) is 116 Å². The van der Waals surface area contributed by atoms with Crippen molar-refractivity contribution in [1.29, 1.82) is 0 Å². The molecule has 3 heterocycles. The second kappa shape index (κ2) is 9.21. The van der Waals surface area contributed by atoms with E-state index in [0.717, 1.165) is 5.56 Å². The van der Waals surface area contributed by atoms with Gasteiger partial charge in [0.2, 0.25) is 17.7 Å². The van der Waals surface area contributed by atoms with Gasteiger partial charge in [-0.3, -0.25) is 9.78 Å². The molecule has 3 rings (SSSR count). The Kier molecular flexibility index (Phi) is 6.19. The van der Waals surface area contributed by atoms with Crippen LogP contribution in [-0.2, 0) is 16.0 Å². The first-order valence-corrected chi connectivity index (χ1v) is 8.21. The Labute approximate surface area is 149 Å². The van der Waals surface area contributed by atoms with Crippen molar-refractivity contribution >= 4 is 11.9 Å². The highest BCUT2D eigenvalue weighted by molar-refractivity contribution is 5.69. The summed E-state index contributed by atoms with van der Waals surface area (Å²) in [6.07, 6.45) is 8.00. The summed E-state index contributed by atoms with van der Waals surface area (Å²) in [5, 5.41) is 6.86. The van der Waals surface area contributed by atoms with Crippen LogP contribution in [0.1, 0.15) is 18.7 Å². The van der Waals surface area contributed by atoms with E-state index in [1.807, 2.05) is 12.1 Å². The standard InChI is InChI=1S/C17H18N6O3/c24-15(6-10-21-17-19-8-3-9-20-17)25-11-2-5-14-22-16(23-26-14)13-4-1-7-18-12-13/h1,3-4,7-9,12H,2,5-6,10-11H2,(H,19,20,21). The number of carbonyl (C=O) groups is 1. The van der Waals surface area contributed by atoms with Gasteiger partial charge < -0.3 is 14.6 Å². The summed E-state index contributed by atoms with van der Waals surface area (Å²) in [5.41, 5.74) is 0.795. The van der Waals surface area contributed by atoms with Crippen LogP contribution in [0.2, 0.25) is 0 Å². The molecule has 0 saturated carbocycles. The number of nitrogens with one attached hydrogen (secondary N) is 1. The fraction of sp³-hybridized carbons (Fsp3) is 0.294. The highest BCUT2D eigenvalue weighted by atomic mass is 16.5. The van der Waals surface area contributed by atoms with Crippen molar-refractivity contribution in [3.63, 3.8) is 0 Å². The molecule has 9 nitrogen and oxygen atoms in total. The van der Waals surface area contributed by atoms with Gasteiger partial charge in [0.25, 0.3) is 0 Å². The number of hydrogen-bond acceptors (Lipinski definition) is 9. The third kappa shape index (κ3) is 5.33. The third-order valence-corrected chi connectivity index (χ3v) is 3.36. The Hall–Kier alpha value is -3.36. The van der Waals surface area contributed by atoms with Crippen molar-refractivity contribution in [2.24, 2.45) is 0 Å². The predicted molar refractivity (Wildman–Crippen MR) is 91.9 cm³/mol. The fourth-order valence-electron chi connectivity index (χ4n) is 2.12. The van der Waals surface area contributed by atoms with Crippen LogP contribution in [0.4, 0.5) is 5.95 Å². The smallest absolute Gasteiger partial charge is 0.307 e. The van der Waals surface area contributed by atoms with Crippen LogP contribution in [0.25, 0.3) is 11.4 Å². The summed E-state index contributed by atoms with van der Waals surface area (Å²) in [6, 6.07) is 5.39. The average molecular weight is 354 g/mol. The molecular weight excluding hydrogens is 336 g/mol. The van der Waals surface area contributed by atoms with Crippen molar-refractivity contribution < 1.29 is 14.1 Å². The lowest BCUT2D eigenvalue weighted by molar-refractivity contribution is -0.143. The quantitative estimate of drug-likeness (QED) is 0.454. The number of rotatable bonds is 9. The van der Waals surface area contributed by atoms with E-state index >= 15 is 0 Å². The second-order valence-corrected chi connectivity index (χ2v) is 5.33. The highest BCUT2D eigenvalue weighted by Crippen LogP contribution is 2.14. The zero-order valence-electron chi connectivity index (χ0n) is 14.0. The molecule has 0 radical (unpaired) electrons. The predicted octanol–water partition coefficient (Wildman–Crippen LogP) is 1.90. The second-order valence-electron chi connectivity index (χ2n) is 5.33. The number of aromatic nitrogens is 5. The molecule has 0 spiro atoms. The van der Waals surface area contributed by atoms with Crippen LogP contribution in [0.5, 0.6) is 0 Å². The fourth-order valence-corrected chi connectivity index (χ4v) is 2.12. The maximum atomic E-state index is 11.7. The molecule has 134 valence electrons. The Balaban J connectivity index is 1.31. The van der Waals surface area contributed by atoms with E-state index in [0.29, 0.717) is 43.7 Å². The summed E-state index contributed by atoms with van der Waals surface area (Å²) in [6.45, 7) is 0.715. The monoisotopic (exact) mass is 354 g/mol. The van der Waals surface area contributed by atoms with Crippen molar-refractivity contribution in [2.45, 2.75) is 19.3 Å². The molecular formula is C17H18N6O3. The SMILES string of the molecule is O=C(CCNc1ncccn1)OCCCc1nc(-c2cccnc2)no1. The lowest BCUT2D eigenvalue weighted by Crippen LogP contribution is -2.13. The molecule has 0 fully saturated rings. The van der Waals surface area contributed by atoms with E-state index in [1.54, 1.807) is 30.9 Å². The first-order valence-electron chi connectivity index (χ1n) is 8.21. The van der Waals surface area contributed by atoms with Gasteiger partial charge in [0, 0.05) is 43.3 Å². The van der Waals surface area contributed by atoms with E-state index in [-0.39, 0.29) is 12.4 Å². The first kappa shape index (κ1) is 17.5. The molecule has 3 aromatic rings. The van der Waals surface area contributed by atoms with Gasteiger partial charge in [-0.2, -0.15) is 4.98 Å². The summed E-state index contributed by atoms with van der Waals surface area (Å²) < 4.78 is 10.4. The van der Waals surface area contributed by atoms with E-state index in [1.165, 1.54) is 0 Å². The summed E-state index contributed by atoms with van der Waals surface area (Å²) in [7, 11) is 0. The molecule has 9 heteroatoms. The molecule has 0 aliphatic rings. The van der Waals surface area contributed by atoms with Crippen LogP contribution in [0.3, 0.4) is 0 Å². The number of anilines is 1. The minimum absolute atomic E-state index is 0.240. The van der Waals surface area contributed by atoms with Gasteiger partial charge in [-0.25, -0.2) is 9.97 Å². The molecule has 0 atom stereocenters. The molecule has 0 aliphatic carbocycles. The van der Waals surface area contributed by atoms with Crippen molar-refractivity contribution in [3.8, 4) is 11.4 Å². The number of esters is 1. The number of carbonyl (C=O) groups excluding carboxylic acids is 1. The molecule has 0 aromatic carbocycles. The van der Waals surface area contributed by atoms with Gasteiger partial charge in [-0.05, 0) is 24.6 Å². The van der Waals surface area contributed by atoms with Crippen LogP contribution in [0, 0.1) is 0 Å². The largest absolute Gasteiger partial charge is 0.466 e. The molecule has 0 aliphatic heterocycles. The minimum atomic E-state index is -0.282. The lowest BCUT2D eigenvalue weighted by Gasteiger charge is -2.05. The van der Waals surface area contributed by atoms with E-state index in [9.17, 15) is 4.79 Å². The summed E-state index contributed by atoms with van der Waals surface area (Å²) in [4.78, 5) is 28.0. The van der Waals surface area contributed by atoms with Gasteiger partial charge >= 0.3 is 5.97 Å². The van der Waals surface area contributed by atoms with Crippen molar-refractivity contribution in [3.05, 3.63) is 48.9 Å². The molecule has 1 N–H and O–H groups in total. The number of hydrogen-bond donors (Lipinski definition) is 1. The molecule has 3 aromatic heterocycles. The van der Waals surface area contributed by atoms with Gasteiger partial charge in [-0.15, -0.1) is 0 Å². The van der Waals surface area contributed by atoms with E-state index < -0.39 is 0 Å². The Bertz CT molecular complexity index is 810. The Morgan fingerprint density at radius 1 is 1.19 bits per heavy atom. The maximum Gasteiger partial charge on any atom is 0.307 e. The zero-order valence-corrected chi connectivity index (χ0v) is 14.0. The van der Waals surface area contributed by atoms with Gasteiger partial charge in [0.05, 0.1) is 13.0 Å². The molecule has 0 bridgehead atoms. The van der Waals surface area contributed by atoms with Gasteiger partial charge in [-0.1, -0.05) is 5.16 Å². The highest BCUT2D eigenvalue weighted by Gasteiger charge is 2.09. The molecule has 0 unspecified atom stereocenters. The summed E-state index contributed by atoms with van der Waals surface area (Å²) >= 11 is 0. The number of aryl methyl sites for hydroxylation is 1. The number of pyridine rings is 1. The van der Waals surface area contributed by atoms with Crippen LogP contribution < -0.4 is 5.32 Å². The maximum absolute atomic E-state index is 11.7. The Morgan fingerprint density at radius 2 is 2.08 bits per heavy atom.